The van der Waals surface area contributed by atoms with Crippen molar-refractivity contribution < 1.29 is 0 Å². The molecule has 0 saturated heterocycles. The van der Waals surface area contributed by atoms with Crippen LogP contribution in [0.4, 0.5) is 5.82 Å². The molecule has 25 heavy (non-hydrogen) atoms. The van der Waals surface area contributed by atoms with Gasteiger partial charge < -0.3 is 5.32 Å². The van der Waals surface area contributed by atoms with Crippen LogP contribution in [0, 0.1) is 6.92 Å². The van der Waals surface area contributed by atoms with Crippen LogP contribution in [0.15, 0.2) is 42.7 Å². The second-order valence-corrected chi connectivity index (χ2v) is 6.31. The van der Waals surface area contributed by atoms with E-state index in [1.165, 1.54) is 11.1 Å². The van der Waals surface area contributed by atoms with Gasteiger partial charge in [-0.15, -0.1) is 5.10 Å². The Kier molecular flexibility index (Phi) is 5.43. The molecule has 1 N–H and O–H groups in total. The normalized spacial score (nSPS) is 11.9. The largest absolute Gasteiger partial charge is 0.368 e. The van der Waals surface area contributed by atoms with Gasteiger partial charge in [0.2, 0.25) is 0 Å². The lowest BCUT2D eigenvalue weighted by molar-refractivity contribution is 0.892. The van der Waals surface area contributed by atoms with Crippen LogP contribution < -0.4 is 5.32 Å². The number of pyridine rings is 1. The van der Waals surface area contributed by atoms with Crippen molar-refractivity contribution in [2.24, 2.45) is 0 Å². The molecule has 130 valence electrons. The standard InChI is InChI=1S/C20H25N5/c1-4-5-6-16(3)18-14-23-20-10-9-19(24-25(18)20)21-12-11-17-8-7-15(2)13-22-17/h6-10,13-14H,4-5,11-12H2,1-3H3,(H,21,24)/b16-6+. The van der Waals surface area contributed by atoms with Gasteiger partial charge in [-0.1, -0.05) is 25.5 Å². The zero-order chi connectivity index (χ0) is 17.6. The molecule has 3 aromatic heterocycles. The number of rotatable bonds is 7. The Balaban J connectivity index is 1.70. The van der Waals surface area contributed by atoms with Gasteiger partial charge in [-0.05, 0) is 49.6 Å². The monoisotopic (exact) mass is 335 g/mol. The maximum absolute atomic E-state index is 4.69. The third-order valence-corrected chi connectivity index (χ3v) is 4.17. The number of imidazole rings is 1. The third-order valence-electron chi connectivity index (χ3n) is 4.17. The van der Waals surface area contributed by atoms with Crippen LogP contribution in [0.2, 0.25) is 0 Å². The molecule has 0 atom stereocenters. The SMILES string of the molecule is CCC/C=C(\C)c1cnc2ccc(NCCc3ccc(C)cn3)nn12. The number of hydrogen-bond acceptors (Lipinski definition) is 4. The van der Waals surface area contributed by atoms with Gasteiger partial charge in [0.1, 0.15) is 5.82 Å². The highest BCUT2D eigenvalue weighted by molar-refractivity contribution is 5.63. The van der Waals surface area contributed by atoms with Crippen LogP contribution in [0.25, 0.3) is 11.2 Å². The summed E-state index contributed by atoms with van der Waals surface area (Å²) in [5, 5.41) is 8.07. The van der Waals surface area contributed by atoms with Gasteiger partial charge in [0.05, 0.1) is 11.9 Å². The predicted octanol–water partition coefficient (Wildman–Crippen LogP) is 4.29. The van der Waals surface area contributed by atoms with Crippen molar-refractivity contribution in [1.29, 1.82) is 0 Å². The maximum atomic E-state index is 4.69. The average molecular weight is 335 g/mol. The van der Waals surface area contributed by atoms with Crippen LogP contribution in [-0.2, 0) is 6.42 Å². The van der Waals surface area contributed by atoms with E-state index < -0.39 is 0 Å². The lowest BCUT2D eigenvalue weighted by Crippen LogP contribution is -2.09. The van der Waals surface area contributed by atoms with Gasteiger partial charge in [-0.3, -0.25) is 4.98 Å². The molecule has 0 fully saturated rings. The number of unbranched alkanes of at least 4 members (excludes halogenated alkanes) is 1. The van der Waals surface area contributed by atoms with Crippen molar-refractivity contribution in [2.75, 3.05) is 11.9 Å². The van der Waals surface area contributed by atoms with E-state index in [9.17, 15) is 0 Å². The predicted molar refractivity (Wildman–Crippen MR) is 103 cm³/mol. The fourth-order valence-corrected chi connectivity index (χ4v) is 2.67. The van der Waals surface area contributed by atoms with Gasteiger partial charge in [0, 0.05) is 24.9 Å². The fourth-order valence-electron chi connectivity index (χ4n) is 2.67. The quantitative estimate of drug-likeness (QED) is 0.700. The van der Waals surface area contributed by atoms with E-state index in [2.05, 4.69) is 47.3 Å². The molecule has 0 aliphatic rings. The number of fused-ring (bicyclic) bond motifs is 1. The summed E-state index contributed by atoms with van der Waals surface area (Å²) in [6.07, 6.45) is 9.12. The first kappa shape index (κ1) is 17.1. The Labute approximate surface area is 148 Å². The second-order valence-electron chi connectivity index (χ2n) is 6.31. The lowest BCUT2D eigenvalue weighted by Gasteiger charge is -2.07. The van der Waals surface area contributed by atoms with Gasteiger partial charge in [-0.25, -0.2) is 9.50 Å². The van der Waals surface area contributed by atoms with Crippen LogP contribution >= 0.6 is 0 Å². The number of allylic oxidation sites excluding steroid dienone is 2. The number of aryl methyl sites for hydroxylation is 1. The highest BCUT2D eigenvalue weighted by Crippen LogP contribution is 2.17. The minimum atomic E-state index is 0.795. The number of anilines is 1. The molecule has 0 amide bonds. The van der Waals surface area contributed by atoms with E-state index in [1.54, 1.807) is 0 Å². The van der Waals surface area contributed by atoms with E-state index in [4.69, 9.17) is 5.10 Å². The number of nitrogens with zero attached hydrogens (tertiary/aromatic N) is 4. The van der Waals surface area contributed by atoms with Gasteiger partial charge in [0.15, 0.2) is 5.65 Å². The topological polar surface area (TPSA) is 55.1 Å². The van der Waals surface area contributed by atoms with Gasteiger partial charge in [-0.2, -0.15) is 0 Å². The molecule has 0 radical (unpaired) electrons. The van der Waals surface area contributed by atoms with Gasteiger partial charge in [0.25, 0.3) is 0 Å². The van der Waals surface area contributed by atoms with Crippen LogP contribution in [0.3, 0.4) is 0 Å². The van der Waals surface area contributed by atoms with Crippen molar-refractivity contribution in [1.82, 2.24) is 19.6 Å². The Morgan fingerprint density at radius 2 is 2.04 bits per heavy atom. The Morgan fingerprint density at radius 3 is 2.80 bits per heavy atom. The summed E-state index contributed by atoms with van der Waals surface area (Å²) >= 11 is 0. The molecule has 0 aliphatic carbocycles. The number of nitrogens with one attached hydrogen (secondary N) is 1. The van der Waals surface area contributed by atoms with Crippen LogP contribution in [0.1, 0.15) is 43.6 Å². The van der Waals surface area contributed by atoms with Gasteiger partial charge >= 0.3 is 0 Å². The van der Waals surface area contributed by atoms with Crippen molar-refractivity contribution >= 4 is 17.0 Å². The number of hydrogen-bond donors (Lipinski definition) is 1. The molecule has 0 bridgehead atoms. The first-order valence-electron chi connectivity index (χ1n) is 8.84. The van der Waals surface area contributed by atoms with E-state index in [1.807, 2.05) is 36.0 Å². The molecule has 3 rings (SSSR count). The zero-order valence-corrected chi connectivity index (χ0v) is 15.2. The van der Waals surface area contributed by atoms with Crippen molar-refractivity contribution in [3.8, 4) is 0 Å². The average Bonchev–Trinajstić information content (AvgIpc) is 3.05. The van der Waals surface area contributed by atoms with E-state index in [0.717, 1.165) is 48.7 Å². The van der Waals surface area contributed by atoms with E-state index >= 15 is 0 Å². The third kappa shape index (κ3) is 4.24. The lowest BCUT2D eigenvalue weighted by atomic mass is 10.2. The summed E-state index contributed by atoms with van der Waals surface area (Å²) < 4.78 is 1.91. The molecule has 0 unspecified atom stereocenters. The van der Waals surface area contributed by atoms with E-state index in [0.29, 0.717) is 0 Å². The minimum absolute atomic E-state index is 0.795. The van der Waals surface area contributed by atoms with Crippen LogP contribution in [-0.4, -0.2) is 26.1 Å². The highest BCUT2D eigenvalue weighted by Gasteiger charge is 2.07. The molecule has 3 heterocycles. The molecule has 0 saturated carbocycles. The number of aromatic nitrogens is 4. The summed E-state index contributed by atoms with van der Waals surface area (Å²) in [6, 6.07) is 8.13. The molecule has 0 aromatic carbocycles. The molecule has 0 aliphatic heterocycles. The zero-order valence-electron chi connectivity index (χ0n) is 15.2. The molecule has 5 nitrogen and oxygen atoms in total. The Morgan fingerprint density at radius 1 is 1.16 bits per heavy atom. The summed E-state index contributed by atoms with van der Waals surface area (Å²) in [7, 11) is 0. The highest BCUT2D eigenvalue weighted by atomic mass is 15.3. The Bertz CT molecular complexity index is 861. The molecule has 3 aromatic rings. The Hall–Kier alpha value is -2.69. The smallest absolute Gasteiger partial charge is 0.154 e. The fraction of sp³-hybridized carbons (Fsp3) is 0.350. The molecular formula is C20H25N5. The van der Waals surface area contributed by atoms with Crippen molar-refractivity contribution in [3.05, 3.63) is 59.7 Å². The van der Waals surface area contributed by atoms with Crippen molar-refractivity contribution in [2.45, 2.75) is 40.0 Å². The summed E-state index contributed by atoms with van der Waals surface area (Å²) in [4.78, 5) is 8.88. The van der Waals surface area contributed by atoms with E-state index in [-0.39, 0.29) is 0 Å². The molecule has 5 heteroatoms. The first-order valence-corrected chi connectivity index (χ1v) is 8.84. The molecular weight excluding hydrogens is 310 g/mol. The molecule has 0 spiro atoms. The summed E-state index contributed by atoms with van der Waals surface area (Å²) in [5.41, 5.74) is 5.39. The second kappa shape index (κ2) is 7.92. The maximum Gasteiger partial charge on any atom is 0.154 e. The first-order chi connectivity index (χ1) is 12.2. The minimum Gasteiger partial charge on any atom is -0.368 e. The van der Waals surface area contributed by atoms with Crippen molar-refractivity contribution in [3.63, 3.8) is 0 Å². The summed E-state index contributed by atoms with van der Waals surface area (Å²) in [6.45, 7) is 7.14. The summed E-state index contributed by atoms with van der Waals surface area (Å²) in [5.74, 6) is 0.849. The van der Waals surface area contributed by atoms with Crippen LogP contribution in [0.5, 0.6) is 0 Å².